The van der Waals surface area contributed by atoms with Crippen molar-refractivity contribution in [3.05, 3.63) is 52.8 Å². The van der Waals surface area contributed by atoms with Crippen LogP contribution < -0.4 is 4.74 Å². The van der Waals surface area contributed by atoms with E-state index in [1.807, 2.05) is 6.07 Å². The maximum atomic E-state index is 11.5. The fraction of sp³-hybridized carbons (Fsp3) is 0.0769. The van der Waals surface area contributed by atoms with E-state index in [0.29, 0.717) is 5.56 Å². The van der Waals surface area contributed by atoms with Crippen LogP contribution in [-0.2, 0) is 15.7 Å². The van der Waals surface area contributed by atoms with Crippen LogP contribution in [0.15, 0.2) is 41.4 Å². The van der Waals surface area contributed by atoms with Crippen LogP contribution in [0.4, 0.5) is 0 Å². The first-order valence-electron chi connectivity index (χ1n) is 5.62. The highest BCUT2D eigenvalue weighted by atomic mass is 35.7. The molecule has 0 aliphatic carbocycles. The van der Waals surface area contributed by atoms with Crippen LogP contribution in [0.5, 0.6) is 5.75 Å². The molecule has 21 heavy (non-hydrogen) atoms. The van der Waals surface area contributed by atoms with Gasteiger partial charge in [-0.1, -0.05) is 11.6 Å². The molecule has 0 amide bonds. The lowest BCUT2D eigenvalue weighted by Gasteiger charge is -2.10. The topological polar surface area (TPSA) is 80.0 Å². The number of aromatic nitrogens is 1. The van der Waals surface area contributed by atoms with E-state index in [-0.39, 0.29) is 28.0 Å². The van der Waals surface area contributed by atoms with Crippen molar-refractivity contribution in [2.75, 3.05) is 0 Å². The van der Waals surface area contributed by atoms with Crippen LogP contribution in [0.3, 0.4) is 0 Å². The molecule has 0 bridgehead atoms. The fourth-order valence-electron chi connectivity index (χ4n) is 1.58. The number of nitriles is 1. The smallest absolute Gasteiger partial charge is 0.265 e. The van der Waals surface area contributed by atoms with Gasteiger partial charge in [0.1, 0.15) is 29.0 Å². The zero-order valence-corrected chi connectivity index (χ0v) is 12.8. The largest absolute Gasteiger partial charge is 0.487 e. The molecule has 2 rings (SSSR count). The van der Waals surface area contributed by atoms with Gasteiger partial charge in [-0.15, -0.1) is 0 Å². The van der Waals surface area contributed by atoms with E-state index in [0.717, 1.165) is 0 Å². The van der Waals surface area contributed by atoms with Crippen LogP contribution in [0.25, 0.3) is 0 Å². The molecule has 0 atom stereocenters. The summed E-state index contributed by atoms with van der Waals surface area (Å²) < 4.78 is 28.4. The van der Waals surface area contributed by atoms with Crippen LogP contribution in [-0.4, -0.2) is 13.4 Å². The van der Waals surface area contributed by atoms with Crippen LogP contribution in [0, 0.1) is 11.3 Å². The van der Waals surface area contributed by atoms with Gasteiger partial charge in [-0.3, -0.25) is 0 Å². The molecule has 8 heteroatoms. The Morgan fingerprint density at radius 3 is 2.71 bits per heavy atom. The summed E-state index contributed by atoms with van der Waals surface area (Å²) in [6.45, 7) is 0.0677. The second-order valence-corrected chi connectivity index (χ2v) is 6.95. The first kappa shape index (κ1) is 15.6. The molecule has 0 saturated carbocycles. The van der Waals surface area contributed by atoms with E-state index < -0.39 is 9.05 Å². The molecule has 1 aromatic carbocycles. The van der Waals surface area contributed by atoms with Crippen molar-refractivity contribution >= 4 is 31.3 Å². The minimum absolute atomic E-state index is 0.0677. The molecule has 108 valence electrons. The highest BCUT2D eigenvalue weighted by Gasteiger charge is 2.17. The van der Waals surface area contributed by atoms with Crippen molar-refractivity contribution in [1.82, 2.24) is 4.98 Å². The number of benzene rings is 1. The van der Waals surface area contributed by atoms with Crippen LogP contribution in [0.2, 0.25) is 5.02 Å². The minimum atomic E-state index is -3.98. The molecule has 5 nitrogen and oxygen atoms in total. The van der Waals surface area contributed by atoms with Gasteiger partial charge < -0.3 is 4.74 Å². The Bertz CT molecular complexity index is 816. The number of ether oxygens (including phenoxy) is 1. The van der Waals surface area contributed by atoms with Crippen molar-refractivity contribution in [1.29, 1.82) is 5.26 Å². The van der Waals surface area contributed by atoms with E-state index in [1.54, 1.807) is 12.1 Å². The van der Waals surface area contributed by atoms with E-state index in [2.05, 4.69) is 4.98 Å². The third kappa shape index (κ3) is 4.08. The molecule has 0 aliphatic heterocycles. The summed E-state index contributed by atoms with van der Waals surface area (Å²) in [7, 11) is 1.37. The van der Waals surface area contributed by atoms with E-state index in [9.17, 15) is 8.42 Å². The Hall–Kier alpha value is -1.81. The molecule has 1 aromatic heterocycles. The lowest BCUT2D eigenvalue weighted by molar-refractivity contribution is 0.298. The third-order valence-corrected chi connectivity index (χ3v) is 4.08. The predicted molar refractivity (Wildman–Crippen MR) is 77.8 cm³/mol. The zero-order chi connectivity index (χ0) is 15.5. The molecule has 0 saturated heterocycles. The lowest BCUT2D eigenvalue weighted by Crippen LogP contribution is -2.01. The molecule has 0 N–H and O–H groups in total. The van der Waals surface area contributed by atoms with Crippen LogP contribution in [0.1, 0.15) is 11.3 Å². The normalized spacial score (nSPS) is 10.9. The van der Waals surface area contributed by atoms with Crippen molar-refractivity contribution in [2.45, 2.75) is 11.5 Å². The molecular formula is C13H8Cl2N2O3S. The highest BCUT2D eigenvalue weighted by Crippen LogP contribution is 2.30. The Morgan fingerprint density at radius 2 is 2.05 bits per heavy atom. The number of halogens is 2. The molecule has 2 aromatic rings. The van der Waals surface area contributed by atoms with Crippen molar-refractivity contribution < 1.29 is 13.2 Å². The van der Waals surface area contributed by atoms with Gasteiger partial charge >= 0.3 is 0 Å². The van der Waals surface area contributed by atoms with Gasteiger partial charge in [0.25, 0.3) is 9.05 Å². The molecule has 1 heterocycles. The summed E-state index contributed by atoms with van der Waals surface area (Å²) in [5.74, 6) is 0.0877. The number of nitrogens with zero attached hydrogens (tertiary/aromatic N) is 2. The summed E-state index contributed by atoms with van der Waals surface area (Å²) >= 11 is 5.76. The summed E-state index contributed by atoms with van der Waals surface area (Å²) in [4.78, 5) is 3.63. The molecular weight excluding hydrogens is 335 g/mol. The van der Waals surface area contributed by atoms with E-state index in [1.165, 1.54) is 24.4 Å². The van der Waals surface area contributed by atoms with Gasteiger partial charge in [-0.25, -0.2) is 13.4 Å². The highest BCUT2D eigenvalue weighted by molar-refractivity contribution is 8.13. The Balaban J connectivity index is 2.26. The Kier molecular flexibility index (Phi) is 4.68. The van der Waals surface area contributed by atoms with Gasteiger partial charge in [-0.05, 0) is 35.9 Å². The molecule has 0 radical (unpaired) electrons. The van der Waals surface area contributed by atoms with Gasteiger partial charge in [-0.2, -0.15) is 5.26 Å². The molecule has 0 unspecified atom stereocenters. The monoisotopic (exact) mass is 342 g/mol. The Morgan fingerprint density at radius 1 is 1.29 bits per heavy atom. The van der Waals surface area contributed by atoms with E-state index in [4.69, 9.17) is 32.3 Å². The van der Waals surface area contributed by atoms with Crippen LogP contribution >= 0.6 is 22.3 Å². The first-order chi connectivity index (χ1) is 9.90. The maximum Gasteiger partial charge on any atom is 0.265 e. The second-order valence-electron chi connectivity index (χ2n) is 3.98. The molecule has 0 aliphatic rings. The zero-order valence-electron chi connectivity index (χ0n) is 10.5. The average molecular weight is 343 g/mol. The molecule has 0 spiro atoms. The number of rotatable bonds is 4. The lowest BCUT2D eigenvalue weighted by atomic mass is 10.2. The first-order valence-corrected chi connectivity index (χ1v) is 8.31. The summed E-state index contributed by atoms with van der Waals surface area (Å²) in [5.41, 5.74) is 0.923. The Labute approximate surface area is 131 Å². The summed E-state index contributed by atoms with van der Waals surface area (Å²) in [5, 5.41) is 9.00. The number of hydrogen-bond donors (Lipinski definition) is 0. The van der Waals surface area contributed by atoms with Crippen molar-refractivity contribution in [3.8, 4) is 11.8 Å². The molecule has 0 fully saturated rings. The third-order valence-electron chi connectivity index (χ3n) is 2.50. The number of pyridine rings is 1. The quantitative estimate of drug-likeness (QED) is 0.797. The van der Waals surface area contributed by atoms with Gasteiger partial charge in [0.2, 0.25) is 0 Å². The van der Waals surface area contributed by atoms with E-state index >= 15 is 0 Å². The maximum absolute atomic E-state index is 11.5. The van der Waals surface area contributed by atoms with Gasteiger partial charge in [0, 0.05) is 21.9 Å². The standard InChI is InChI=1S/C13H8Cl2N2O3S/c14-10-1-2-12(13(6-10)21(15,18)19)20-8-9-3-4-17-11(5-9)7-16/h1-6H,8H2. The predicted octanol–water partition coefficient (Wildman–Crippen LogP) is 3.11. The SMILES string of the molecule is N#Cc1cc(COc2ccc(Cl)cc2S(=O)(=O)Cl)ccn1. The van der Waals surface area contributed by atoms with Crippen molar-refractivity contribution in [2.24, 2.45) is 0 Å². The van der Waals surface area contributed by atoms with Crippen molar-refractivity contribution in [3.63, 3.8) is 0 Å². The van der Waals surface area contributed by atoms with Gasteiger partial charge in [0.15, 0.2) is 0 Å². The summed E-state index contributed by atoms with van der Waals surface area (Å²) in [6, 6.07) is 9.24. The minimum Gasteiger partial charge on any atom is -0.487 e. The average Bonchev–Trinajstić information content (AvgIpc) is 2.45. The second kappa shape index (κ2) is 6.31. The number of hydrogen-bond acceptors (Lipinski definition) is 5. The van der Waals surface area contributed by atoms with Gasteiger partial charge in [0.05, 0.1) is 0 Å². The summed E-state index contributed by atoms with van der Waals surface area (Å²) in [6.07, 6.45) is 1.47. The fourth-order valence-corrected chi connectivity index (χ4v) is 2.81.